The molecule has 5 heteroatoms. The summed E-state index contributed by atoms with van der Waals surface area (Å²) in [6.45, 7) is 2.11. The fraction of sp³-hybridized carbons (Fsp3) is 0.300. The standard InChI is InChI=1S/C10H10BrNO2S/c1-6(5-13)8-4-12-10(15-8)7-2-3-9(11)14-7/h2-4,6,13H,5H2,1H3. The molecule has 0 amide bonds. The van der Waals surface area contributed by atoms with Gasteiger partial charge in [-0.15, -0.1) is 11.3 Å². The molecule has 0 saturated carbocycles. The zero-order chi connectivity index (χ0) is 10.8. The summed E-state index contributed by atoms with van der Waals surface area (Å²) in [6, 6.07) is 3.71. The Morgan fingerprint density at radius 3 is 3.00 bits per heavy atom. The largest absolute Gasteiger partial charge is 0.447 e. The summed E-state index contributed by atoms with van der Waals surface area (Å²) in [7, 11) is 0. The Morgan fingerprint density at radius 2 is 2.40 bits per heavy atom. The van der Waals surface area contributed by atoms with E-state index in [-0.39, 0.29) is 12.5 Å². The summed E-state index contributed by atoms with van der Waals surface area (Å²) in [5.74, 6) is 0.887. The molecular formula is C10H10BrNO2S. The van der Waals surface area contributed by atoms with Crippen molar-refractivity contribution in [3.8, 4) is 10.8 Å². The van der Waals surface area contributed by atoms with Crippen molar-refractivity contribution in [2.45, 2.75) is 12.8 Å². The van der Waals surface area contributed by atoms with E-state index in [1.54, 1.807) is 17.5 Å². The molecule has 0 spiro atoms. The van der Waals surface area contributed by atoms with Crippen LogP contribution in [0, 0.1) is 0 Å². The van der Waals surface area contributed by atoms with Crippen LogP contribution in [0.3, 0.4) is 0 Å². The van der Waals surface area contributed by atoms with Crippen LogP contribution in [0.1, 0.15) is 17.7 Å². The SMILES string of the molecule is CC(CO)c1cnc(-c2ccc(Br)o2)s1. The minimum atomic E-state index is 0.134. The number of hydrogen-bond donors (Lipinski definition) is 1. The molecule has 0 aliphatic heterocycles. The van der Waals surface area contributed by atoms with Gasteiger partial charge in [0.15, 0.2) is 15.4 Å². The zero-order valence-electron chi connectivity index (χ0n) is 8.11. The number of nitrogens with zero attached hydrogens (tertiary/aromatic N) is 1. The van der Waals surface area contributed by atoms with Crippen LogP contribution in [0.25, 0.3) is 10.8 Å². The maximum absolute atomic E-state index is 9.02. The summed E-state index contributed by atoms with van der Waals surface area (Å²) < 4.78 is 6.10. The van der Waals surface area contributed by atoms with Crippen molar-refractivity contribution in [1.29, 1.82) is 0 Å². The van der Waals surface area contributed by atoms with E-state index in [9.17, 15) is 0 Å². The average molecular weight is 288 g/mol. The Balaban J connectivity index is 2.27. The maximum atomic E-state index is 9.02. The third-order valence-electron chi connectivity index (χ3n) is 2.07. The molecule has 0 aliphatic rings. The molecule has 3 nitrogen and oxygen atoms in total. The Hall–Kier alpha value is -0.650. The highest BCUT2D eigenvalue weighted by Gasteiger charge is 2.12. The van der Waals surface area contributed by atoms with Gasteiger partial charge in [0.05, 0.1) is 6.61 Å². The fourth-order valence-corrected chi connectivity index (χ4v) is 2.37. The second-order valence-electron chi connectivity index (χ2n) is 3.26. The maximum Gasteiger partial charge on any atom is 0.170 e. The van der Waals surface area contributed by atoms with Crippen LogP contribution in [0.4, 0.5) is 0 Å². The second-order valence-corrected chi connectivity index (χ2v) is 5.10. The molecule has 1 N–H and O–H groups in total. The van der Waals surface area contributed by atoms with Crippen LogP contribution >= 0.6 is 27.3 Å². The number of rotatable bonds is 3. The van der Waals surface area contributed by atoms with Crippen molar-refractivity contribution in [2.24, 2.45) is 0 Å². The van der Waals surface area contributed by atoms with Crippen LogP contribution in [0.2, 0.25) is 0 Å². The second kappa shape index (κ2) is 4.47. The van der Waals surface area contributed by atoms with Gasteiger partial charge in [0.25, 0.3) is 0 Å². The molecule has 2 aromatic rings. The van der Waals surface area contributed by atoms with Gasteiger partial charge in [-0.05, 0) is 28.1 Å². The predicted molar refractivity (Wildman–Crippen MR) is 63.0 cm³/mol. The Bertz CT molecular complexity index is 452. The van der Waals surface area contributed by atoms with E-state index >= 15 is 0 Å². The van der Waals surface area contributed by atoms with Crippen LogP contribution < -0.4 is 0 Å². The molecule has 0 bridgehead atoms. The first kappa shape index (κ1) is 10.9. The highest BCUT2D eigenvalue weighted by molar-refractivity contribution is 9.10. The summed E-state index contributed by atoms with van der Waals surface area (Å²) in [5, 5.41) is 9.86. The highest BCUT2D eigenvalue weighted by Crippen LogP contribution is 2.31. The quantitative estimate of drug-likeness (QED) is 0.943. The lowest BCUT2D eigenvalue weighted by Gasteiger charge is -2.00. The Labute approximate surface area is 99.9 Å². The van der Waals surface area contributed by atoms with Gasteiger partial charge < -0.3 is 9.52 Å². The molecule has 0 radical (unpaired) electrons. The number of hydrogen-bond acceptors (Lipinski definition) is 4. The molecule has 0 saturated heterocycles. The van der Waals surface area contributed by atoms with Crippen LogP contribution in [-0.2, 0) is 0 Å². The van der Waals surface area contributed by atoms with Crippen LogP contribution in [0.5, 0.6) is 0 Å². The van der Waals surface area contributed by atoms with Crippen LogP contribution in [-0.4, -0.2) is 16.7 Å². The van der Waals surface area contributed by atoms with E-state index in [0.717, 1.165) is 15.6 Å². The molecule has 1 atom stereocenters. The number of aliphatic hydroxyl groups is 1. The van der Waals surface area contributed by atoms with Crippen molar-refractivity contribution < 1.29 is 9.52 Å². The molecular weight excluding hydrogens is 278 g/mol. The summed E-state index contributed by atoms with van der Waals surface area (Å²) in [6.07, 6.45) is 1.79. The third-order valence-corrected chi connectivity index (χ3v) is 3.74. The number of thiazole rings is 1. The smallest absolute Gasteiger partial charge is 0.170 e. The molecule has 1 unspecified atom stereocenters. The van der Waals surface area contributed by atoms with E-state index in [1.807, 2.05) is 19.1 Å². The minimum Gasteiger partial charge on any atom is -0.447 e. The van der Waals surface area contributed by atoms with Gasteiger partial charge in [0, 0.05) is 17.0 Å². The lowest BCUT2D eigenvalue weighted by atomic mass is 10.2. The zero-order valence-corrected chi connectivity index (χ0v) is 10.5. The summed E-state index contributed by atoms with van der Waals surface area (Å²) in [5.41, 5.74) is 0. The van der Waals surface area contributed by atoms with Gasteiger partial charge in [-0.25, -0.2) is 4.98 Å². The van der Waals surface area contributed by atoms with Gasteiger partial charge in [0.2, 0.25) is 0 Å². The lowest BCUT2D eigenvalue weighted by molar-refractivity contribution is 0.274. The van der Waals surface area contributed by atoms with E-state index < -0.39 is 0 Å². The number of halogens is 1. The van der Waals surface area contributed by atoms with E-state index in [2.05, 4.69) is 20.9 Å². The molecule has 2 aromatic heterocycles. The van der Waals surface area contributed by atoms with Crippen LogP contribution in [0.15, 0.2) is 27.4 Å². The molecule has 0 aromatic carbocycles. The van der Waals surface area contributed by atoms with Gasteiger partial charge in [-0.1, -0.05) is 6.92 Å². The van der Waals surface area contributed by atoms with E-state index in [4.69, 9.17) is 9.52 Å². The fourth-order valence-electron chi connectivity index (χ4n) is 1.15. The number of furan rings is 1. The number of aliphatic hydroxyl groups excluding tert-OH is 1. The predicted octanol–water partition coefficient (Wildman–Crippen LogP) is 3.26. The topological polar surface area (TPSA) is 46.3 Å². The molecule has 0 aliphatic carbocycles. The van der Waals surface area contributed by atoms with E-state index in [1.165, 1.54) is 0 Å². The van der Waals surface area contributed by atoms with Gasteiger partial charge in [0.1, 0.15) is 0 Å². The van der Waals surface area contributed by atoms with Crippen molar-refractivity contribution in [3.63, 3.8) is 0 Å². The summed E-state index contributed by atoms with van der Waals surface area (Å²) >= 11 is 4.80. The Morgan fingerprint density at radius 1 is 1.60 bits per heavy atom. The van der Waals surface area contributed by atoms with Crippen molar-refractivity contribution >= 4 is 27.3 Å². The molecule has 80 valence electrons. The van der Waals surface area contributed by atoms with Crippen molar-refractivity contribution in [2.75, 3.05) is 6.61 Å². The highest BCUT2D eigenvalue weighted by atomic mass is 79.9. The monoisotopic (exact) mass is 287 g/mol. The number of aromatic nitrogens is 1. The van der Waals surface area contributed by atoms with E-state index in [0.29, 0.717) is 4.67 Å². The molecule has 2 rings (SSSR count). The average Bonchev–Trinajstić information content (AvgIpc) is 2.84. The lowest BCUT2D eigenvalue weighted by Crippen LogP contribution is -1.94. The normalized spacial score (nSPS) is 13.0. The van der Waals surface area contributed by atoms with Gasteiger partial charge in [-0.3, -0.25) is 0 Å². The van der Waals surface area contributed by atoms with Gasteiger partial charge >= 0.3 is 0 Å². The molecule has 15 heavy (non-hydrogen) atoms. The van der Waals surface area contributed by atoms with Crippen molar-refractivity contribution in [1.82, 2.24) is 4.98 Å². The first-order valence-corrected chi connectivity index (χ1v) is 6.14. The third kappa shape index (κ3) is 2.30. The minimum absolute atomic E-state index is 0.134. The first-order valence-electron chi connectivity index (χ1n) is 4.53. The Kier molecular flexibility index (Phi) is 3.23. The summed E-state index contributed by atoms with van der Waals surface area (Å²) in [4.78, 5) is 5.33. The van der Waals surface area contributed by atoms with Crippen molar-refractivity contribution in [3.05, 3.63) is 27.9 Å². The molecule has 2 heterocycles. The van der Waals surface area contributed by atoms with Gasteiger partial charge in [-0.2, -0.15) is 0 Å². The first-order chi connectivity index (χ1) is 7.20. The molecule has 0 fully saturated rings.